The van der Waals surface area contributed by atoms with Crippen LogP contribution < -0.4 is 59.3 Å². The zero-order valence-electron chi connectivity index (χ0n) is 40.1. The van der Waals surface area contributed by atoms with Crippen molar-refractivity contribution in [3.05, 3.63) is 42.5 Å². The highest BCUT2D eigenvalue weighted by atomic mass is 32.2. The number of aliphatic hydroxyl groups is 1. The minimum absolute atomic E-state index is 0.00457. The third kappa shape index (κ3) is 22.5. The van der Waals surface area contributed by atoms with E-state index in [1.165, 1.54) is 38.5 Å². The molecule has 0 aliphatic heterocycles. The van der Waals surface area contributed by atoms with Crippen molar-refractivity contribution in [2.45, 2.75) is 121 Å². The molecule has 1 aromatic carbocycles. The SMILES string of the molecule is CC(C)C[C@H](NC(=O)CNC(=O)[C@H](CC(C)C)NC(=O)[C@H](Cc1cnc[nH]1)NC(=O)[C@H](CO)NC(=O)[C@H](C)NC(=S)Nc1ccc(S(=O)(=O)O)cc1)C(=O)N[C@@H](C)C(=O)N[C@@H](CCCN=C(N)N)C(=O)O. The van der Waals surface area contributed by atoms with Crippen molar-refractivity contribution < 1.29 is 61.5 Å². The average Bonchev–Trinajstić information content (AvgIpc) is 3.80. The summed E-state index contributed by atoms with van der Waals surface area (Å²) in [6, 6.07) is -4.19. The summed E-state index contributed by atoms with van der Waals surface area (Å²) >= 11 is 5.22. The van der Waals surface area contributed by atoms with Crippen molar-refractivity contribution >= 4 is 86.4 Å². The van der Waals surface area contributed by atoms with Crippen LogP contribution in [0.15, 0.2) is 46.7 Å². The maximum Gasteiger partial charge on any atom is 0.326 e. The fraction of sp³-hybridized carbons (Fsp3) is 0.548. The fourth-order valence-corrected chi connectivity index (χ4v) is 7.15. The van der Waals surface area contributed by atoms with Crippen molar-refractivity contribution in [3.63, 3.8) is 0 Å². The number of imidazole rings is 1. The molecule has 7 atom stereocenters. The van der Waals surface area contributed by atoms with E-state index in [0.717, 1.165) is 12.1 Å². The minimum atomic E-state index is -4.43. The van der Waals surface area contributed by atoms with Gasteiger partial charge in [0.15, 0.2) is 11.1 Å². The summed E-state index contributed by atoms with van der Waals surface area (Å²) in [5.74, 6) is -7.60. The number of anilines is 1. The van der Waals surface area contributed by atoms with E-state index in [9.17, 15) is 61.5 Å². The molecule has 0 spiro atoms. The highest BCUT2D eigenvalue weighted by molar-refractivity contribution is 7.85. The van der Waals surface area contributed by atoms with Crippen LogP contribution in [0.3, 0.4) is 0 Å². The molecular weight excluding hydrogens is 973 g/mol. The van der Waals surface area contributed by atoms with Gasteiger partial charge in [-0.05, 0) is 87.8 Å². The van der Waals surface area contributed by atoms with E-state index >= 15 is 0 Å². The van der Waals surface area contributed by atoms with Crippen LogP contribution in [-0.2, 0) is 54.9 Å². The van der Waals surface area contributed by atoms with Gasteiger partial charge >= 0.3 is 5.97 Å². The molecular formula is C42H66N14O13S2. The lowest BCUT2D eigenvalue weighted by molar-refractivity contribution is -0.142. The van der Waals surface area contributed by atoms with Crippen molar-refractivity contribution in [2.24, 2.45) is 28.3 Å². The second-order valence-corrected chi connectivity index (χ2v) is 19.0. The second-order valence-electron chi connectivity index (χ2n) is 17.1. The maximum atomic E-state index is 13.9. The number of nitrogens with zero attached hydrogens (tertiary/aromatic N) is 2. The van der Waals surface area contributed by atoms with Crippen LogP contribution in [-0.4, -0.2) is 154 Å². The first kappa shape index (κ1) is 60.1. The number of carbonyl (C=O) groups excluding carboxylic acids is 7. The number of benzene rings is 1. The standard InChI is InChI=1S/C42H66N14O13S2/c1-21(2)14-29(36(61)47-18-33(58)52-30(15-22(3)4)37(62)49-23(5)34(59)53-28(40(65)66)8-7-13-46-41(43)44)54-38(63)31(16-26-17-45-20-48-26)55-39(64)32(19-57)56-35(60)24(6)50-42(70)51-25-9-11-27(12-10-25)71(67,68)69/h9-12,17,20-24,28-32,57H,7-8,13-16,18-19H2,1-6H3,(H,45,48)(H,47,61)(H,49,62)(H,52,58)(H,53,59)(H,54,63)(H,55,64)(H,56,60)(H,65,66)(H4,43,44,46)(H2,50,51,70)(H,67,68,69)/t23-,24-,28-,29-,30-,31-,32-/m0/s1. The lowest BCUT2D eigenvalue weighted by atomic mass is 10.0. The molecule has 394 valence electrons. The van der Waals surface area contributed by atoms with Crippen LogP contribution in [0.5, 0.6) is 0 Å². The summed E-state index contributed by atoms with van der Waals surface area (Å²) in [6.07, 6.45) is 2.94. The molecule has 71 heavy (non-hydrogen) atoms. The third-order valence-corrected chi connectivity index (χ3v) is 11.1. The normalized spacial score (nSPS) is 14.2. The van der Waals surface area contributed by atoms with Gasteiger partial charge < -0.3 is 74.5 Å². The molecule has 1 heterocycles. The Morgan fingerprint density at radius 2 is 1.24 bits per heavy atom. The van der Waals surface area contributed by atoms with Gasteiger partial charge in [-0.25, -0.2) is 9.78 Å². The van der Waals surface area contributed by atoms with Crippen molar-refractivity contribution in [1.29, 1.82) is 0 Å². The Kier molecular flexibility index (Phi) is 24.8. The first-order valence-corrected chi connectivity index (χ1v) is 24.2. The quantitative estimate of drug-likeness (QED) is 0.0126. The zero-order chi connectivity index (χ0) is 53.6. The number of aromatic amines is 1. The Hall–Kier alpha value is -6.98. The van der Waals surface area contributed by atoms with Crippen LogP contribution in [0.1, 0.15) is 72.9 Å². The summed E-state index contributed by atoms with van der Waals surface area (Å²) in [6.45, 7) is 8.41. The summed E-state index contributed by atoms with van der Waals surface area (Å²) < 4.78 is 31.8. The molecule has 7 amide bonds. The van der Waals surface area contributed by atoms with Crippen molar-refractivity contribution in [2.75, 3.05) is 25.0 Å². The Morgan fingerprint density at radius 1 is 0.718 bits per heavy atom. The Labute approximate surface area is 415 Å². The molecule has 0 radical (unpaired) electrons. The minimum Gasteiger partial charge on any atom is -0.480 e. The van der Waals surface area contributed by atoms with E-state index in [0.29, 0.717) is 11.4 Å². The van der Waals surface area contributed by atoms with E-state index in [1.54, 1.807) is 27.7 Å². The number of nitrogens with one attached hydrogen (secondary N) is 10. The highest BCUT2D eigenvalue weighted by Crippen LogP contribution is 2.14. The van der Waals surface area contributed by atoms with Gasteiger partial charge in [-0.3, -0.25) is 43.1 Å². The zero-order valence-corrected chi connectivity index (χ0v) is 41.7. The number of amides is 7. The lowest BCUT2D eigenvalue weighted by Crippen LogP contribution is -2.59. The molecule has 0 saturated carbocycles. The van der Waals surface area contributed by atoms with Gasteiger partial charge in [0.2, 0.25) is 41.4 Å². The van der Waals surface area contributed by atoms with Gasteiger partial charge in [0, 0.05) is 30.5 Å². The maximum absolute atomic E-state index is 13.9. The van der Waals surface area contributed by atoms with E-state index in [4.69, 9.17) is 23.7 Å². The Morgan fingerprint density at radius 3 is 1.76 bits per heavy atom. The number of carboxylic acids is 1. The van der Waals surface area contributed by atoms with Crippen LogP contribution in [0.2, 0.25) is 0 Å². The number of hydrogen-bond acceptors (Lipinski definition) is 14. The van der Waals surface area contributed by atoms with Gasteiger partial charge in [-0.1, -0.05) is 27.7 Å². The predicted molar refractivity (Wildman–Crippen MR) is 261 cm³/mol. The first-order valence-electron chi connectivity index (χ1n) is 22.3. The molecule has 0 saturated heterocycles. The van der Waals surface area contributed by atoms with Gasteiger partial charge in [-0.2, -0.15) is 8.42 Å². The van der Waals surface area contributed by atoms with Gasteiger partial charge in [-0.15, -0.1) is 0 Å². The second kappa shape index (κ2) is 29.3. The number of carbonyl (C=O) groups is 8. The number of nitrogens with two attached hydrogens (primary N) is 2. The molecule has 2 aromatic rings. The number of aliphatic carboxylic acids is 1. The summed E-state index contributed by atoms with van der Waals surface area (Å²) in [4.78, 5) is 115. The third-order valence-electron chi connectivity index (χ3n) is 10.0. The number of rotatable bonds is 29. The van der Waals surface area contributed by atoms with Gasteiger partial charge in [0.05, 0.1) is 24.4 Å². The molecule has 1 aromatic heterocycles. The predicted octanol–water partition coefficient (Wildman–Crippen LogP) is -3.16. The molecule has 0 aliphatic carbocycles. The molecule has 0 bridgehead atoms. The largest absolute Gasteiger partial charge is 0.480 e. The first-order chi connectivity index (χ1) is 33.2. The molecule has 17 N–H and O–H groups in total. The fourth-order valence-electron chi connectivity index (χ4n) is 6.38. The average molecular weight is 1040 g/mol. The molecule has 0 aliphatic rings. The summed E-state index contributed by atoms with van der Waals surface area (Å²) in [5, 5.41) is 42.3. The van der Waals surface area contributed by atoms with Gasteiger partial charge in [0.25, 0.3) is 10.1 Å². The van der Waals surface area contributed by atoms with E-state index < -0.39 is 113 Å². The number of aromatic nitrogens is 2. The number of carboxylic acid groups (broad SMARTS) is 1. The summed E-state index contributed by atoms with van der Waals surface area (Å²) in [5.41, 5.74) is 11.3. The van der Waals surface area contributed by atoms with E-state index in [2.05, 4.69) is 62.8 Å². The van der Waals surface area contributed by atoms with Crippen LogP contribution >= 0.6 is 12.2 Å². The number of hydrogen-bond donors (Lipinski definition) is 15. The Balaban J connectivity index is 2.10. The van der Waals surface area contributed by atoms with Crippen molar-refractivity contribution in [1.82, 2.24) is 52.5 Å². The smallest absolute Gasteiger partial charge is 0.326 e. The monoisotopic (exact) mass is 1040 g/mol. The number of H-pyrrole nitrogens is 1. The molecule has 27 nitrogen and oxygen atoms in total. The van der Waals surface area contributed by atoms with E-state index in [-0.39, 0.29) is 66.5 Å². The van der Waals surface area contributed by atoms with Crippen molar-refractivity contribution in [3.8, 4) is 0 Å². The van der Waals surface area contributed by atoms with Crippen LogP contribution in [0.25, 0.3) is 0 Å². The van der Waals surface area contributed by atoms with E-state index in [1.807, 2.05) is 0 Å². The molecule has 0 unspecified atom stereocenters. The number of aliphatic hydroxyl groups excluding tert-OH is 1. The number of guanidine groups is 1. The molecule has 29 heteroatoms. The number of thiocarbonyl (C=S) groups is 1. The van der Waals surface area contributed by atoms with Gasteiger partial charge in [0.1, 0.15) is 42.3 Å². The Bertz CT molecular complexity index is 2290. The topological polar surface area (TPSA) is 433 Å². The van der Waals surface area contributed by atoms with Crippen LogP contribution in [0.4, 0.5) is 5.69 Å². The summed E-state index contributed by atoms with van der Waals surface area (Å²) in [7, 11) is -4.43. The highest BCUT2D eigenvalue weighted by Gasteiger charge is 2.32. The molecule has 0 fully saturated rings. The van der Waals surface area contributed by atoms with Crippen LogP contribution in [0, 0.1) is 11.8 Å². The number of aliphatic imine (C=N–C) groups is 1. The lowest BCUT2D eigenvalue weighted by Gasteiger charge is -2.26. The molecule has 2 rings (SSSR count).